The first-order valence-electron chi connectivity index (χ1n) is 9.89. The van der Waals surface area contributed by atoms with E-state index in [2.05, 4.69) is 10.3 Å². The highest BCUT2D eigenvalue weighted by atomic mass is 19.3. The zero-order valence-corrected chi connectivity index (χ0v) is 17.5. The van der Waals surface area contributed by atoms with E-state index in [0.29, 0.717) is 33.8 Å². The molecule has 0 atom stereocenters. The number of hydrogen-bond donors (Lipinski definition) is 1. The van der Waals surface area contributed by atoms with Gasteiger partial charge in [0.25, 0.3) is 5.91 Å². The third-order valence-electron chi connectivity index (χ3n) is 4.90. The van der Waals surface area contributed by atoms with E-state index in [1.807, 2.05) is 19.1 Å². The van der Waals surface area contributed by atoms with Gasteiger partial charge in [-0.1, -0.05) is 18.2 Å². The largest absolute Gasteiger partial charge is 0.493 e. The maximum Gasteiger partial charge on any atom is 0.320 e. The van der Waals surface area contributed by atoms with Crippen molar-refractivity contribution in [2.75, 3.05) is 19.0 Å². The Morgan fingerprint density at radius 1 is 1.06 bits per heavy atom. The maximum absolute atomic E-state index is 13.7. The first-order valence-corrected chi connectivity index (χ1v) is 9.89. The number of hydrogen-bond acceptors (Lipinski definition) is 4. The number of aryl methyl sites for hydroxylation is 1. The van der Waals surface area contributed by atoms with Gasteiger partial charge in [-0.25, -0.2) is 4.98 Å². The minimum absolute atomic E-state index is 0.161. The molecule has 0 radical (unpaired) electrons. The second-order valence-corrected chi connectivity index (χ2v) is 7.14. The predicted octanol–water partition coefficient (Wildman–Crippen LogP) is 5.43. The number of carbonyl (C=O) groups is 1. The quantitative estimate of drug-likeness (QED) is 0.419. The molecule has 8 heteroatoms. The number of ether oxygens (including phenoxy) is 2. The van der Waals surface area contributed by atoms with Crippen molar-refractivity contribution in [3.8, 4) is 22.9 Å². The molecular weight excluding hydrogens is 416 g/mol. The number of para-hydroxylation sites is 2. The van der Waals surface area contributed by atoms with Crippen LogP contribution in [0.5, 0.6) is 11.5 Å². The fraction of sp³-hybridized carbons (Fsp3) is 0.167. The Bertz CT molecular complexity index is 1250. The topological polar surface area (TPSA) is 65.4 Å². The third-order valence-corrected chi connectivity index (χ3v) is 4.90. The van der Waals surface area contributed by atoms with Gasteiger partial charge >= 0.3 is 6.55 Å². The van der Waals surface area contributed by atoms with E-state index < -0.39 is 6.55 Å². The Morgan fingerprint density at radius 3 is 2.53 bits per heavy atom. The molecular formula is C24H21F2N3O3. The molecule has 0 aliphatic rings. The number of benzene rings is 3. The van der Waals surface area contributed by atoms with Crippen LogP contribution in [-0.2, 0) is 4.79 Å². The number of fused-ring (bicyclic) bond motifs is 1. The Balaban J connectivity index is 1.46. The summed E-state index contributed by atoms with van der Waals surface area (Å²) >= 11 is 0. The summed E-state index contributed by atoms with van der Waals surface area (Å²) in [4.78, 5) is 16.6. The number of aromatic nitrogens is 2. The molecule has 0 aliphatic heterocycles. The van der Waals surface area contributed by atoms with E-state index in [1.165, 1.54) is 7.11 Å². The fourth-order valence-corrected chi connectivity index (χ4v) is 3.38. The highest BCUT2D eigenvalue weighted by Crippen LogP contribution is 2.30. The highest BCUT2D eigenvalue weighted by molar-refractivity contribution is 5.92. The molecule has 4 aromatic rings. The van der Waals surface area contributed by atoms with E-state index in [0.717, 1.165) is 10.1 Å². The molecule has 1 heterocycles. The van der Waals surface area contributed by atoms with Crippen LogP contribution in [0.15, 0.2) is 66.7 Å². The van der Waals surface area contributed by atoms with Crippen LogP contribution in [0, 0.1) is 6.92 Å². The van der Waals surface area contributed by atoms with Crippen molar-refractivity contribution < 1.29 is 23.0 Å². The Kier molecular flexibility index (Phi) is 6.02. The lowest BCUT2D eigenvalue weighted by Crippen LogP contribution is -2.20. The zero-order valence-electron chi connectivity index (χ0n) is 17.5. The van der Waals surface area contributed by atoms with Crippen molar-refractivity contribution in [2.24, 2.45) is 0 Å². The standard InChI is InChI=1S/C24H21F2N3O3/c1-15-7-12-20(21(13-15)31-2)32-14-22(30)27-17-10-8-16(9-11-17)23-28-18-5-3-4-6-19(18)29(23)24(25)26/h3-13,24H,14H2,1-2H3,(H,27,30). The van der Waals surface area contributed by atoms with Gasteiger partial charge in [0, 0.05) is 11.3 Å². The Labute approximate surface area is 183 Å². The number of methoxy groups -OCH3 is 1. The van der Waals surface area contributed by atoms with Gasteiger partial charge in [0.2, 0.25) is 0 Å². The molecule has 6 nitrogen and oxygen atoms in total. The molecule has 1 aromatic heterocycles. The van der Waals surface area contributed by atoms with E-state index in [9.17, 15) is 13.6 Å². The average Bonchev–Trinajstić information content (AvgIpc) is 3.18. The molecule has 0 spiro atoms. The molecule has 164 valence electrons. The molecule has 4 rings (SSSR count). The van der Waals surface area contributed by atoms with E-state index >= 15 is 0 Å². The van der Waals surface area contributed by atoms with Gasteiger partial charge in [0.15, 0.2) is 18.1 Å². The fourth-order valence-electron chi connectivity index (χ4n) is 3.38. The van der Waals surface area contributed by atoms with Crippen LogP contribution in [0.3, 0.4) is 0 Å². The molecule has 0 unspecified atom stereocenters. The Hall–Kier alpha value is -3.94. The zero-order chi connectivity index (χ0) is 22.7. The monoisotopic (exact) mass is 437 g/mol. The van der Waals surface area contributed by atoms with Crippen molar-refractivity contribution in [1.29, 1.82) is 0 Å². The summed E-state index contributed by atoms with van der Waals surface area (Å²) in [6.07, 6.45) is 0. The van der Waals surface area contributed by atoms with Crippen molar-refractivity contribution in [3.05, 3.63) is 72.3 Å². The van der Waals surface area contributed by atoms with Crippen LogP contribution in [-0.4, -0.2) is 29.2 Å². The van der Waals surface area contributed by atoms with Gasteiger partial charge in [-0.15, -0.1) is 0 Å². The normalized spacial score (nSPS) is 11.0. The molecule has 0 saturated carbocycles. The number of anilines is 1. The number of alkyl halides is 2. The molecule has 3 aromatic carbocycles. The number of imidazole rings is 1. The van der Waals surface area contributed by atoms with Crippen LogP contribution < -0.4 is 14.8 Å². The van der Waals surface area contributed by atoms with Gasteiger partial charge < -0.3 is 14.8 Å². The van der Waals surface area contributed by atoms with Crippen LogP contribution >= 0.6 is 0 Å². The van der Waals surface area contributed by atoms with Crippen LogP contribution in [0.2, 0.25) is 0 Å². The second-order valence-electron chi connectivity index (χ2n) is 7.14. The van der Waals surface area contributed by atoms with Crippen molar-refractivity contribution in [3.63, 3.8) is 0 Å². The van der Waals surface area contributed by atoms with Gasteiger partial charge in [-0.3, -0.25) is 9.36 Å². The summed E-state index contributed by atoms with van der Waals surface area (Å²) in [5.74, 6) is 0.813. The summed E-state index contributed by atoms with van der Waals surface area (Å²) in [6.45, 7) is -1.01. The van der Waals surface area contributed by atoms with Gasteiger partial charge in [-0.05, 0) is 61.0 Å². The third kappa shape index (κ3) is 4.39. The summed E-state index contributed by atoms with van der Waals surface area (Å²) in [6, 6.07) is 18.7. The number of carbonyl (C=O) groups excluding carboxylic acids is 1. The van der Waals surface area contributed by atoms with E-state index in [4.69, 9.17) is 9.47 Å². The number of amides is 1. The number of nitrogens with zero attached hydrogens (tertiary/aromatic N) is 2. The predicted molar refractivity (Wildman–Crippen MR) is 118 cm³/mol. The number of halogens is 2. The summed E-state index contributed by atoms with van der Waals surface area (Å²) < 4.78 is 39.1. The van der Waals surface area contributed by atoms with Gasteiger partial charge in [0.1, 0.15) is 5.82 Å². The van der Waals surface area contributed by atoms with Gasteiger partial charge in [-0.2, -0.15) is 8.78 Å². The van der Waals surface area contributed by atoms with E-state index in [1.54, 1.807) is 54.6 Å². The number of nitrogens with one attached hydrogen (secondary N) is 1. The minimum atomic E-state index is -2.73. The lowest BCUT2D eigenvalue weighted by atomic mass is 10.2. The first-order chi connectivity index (χ1) is 15.5. The minimum Gasteiger partial charge on any atom is -0.493 e. The van der Waals surface area contributed by atoms with Gasteiger partial charge in [0.05, 0.1) is 18.1 Å². The van der Waals surface area contributed by atoms with Crippen LogP contribution in [0.1, 0.15) is 12.1 Å². The molecule has 32 heavy (non-hydrogen) atoms. The smallest absolute Gasteiger partial charge is 0.320 e. The van der Waals surface area contributed by atoms with Crippen molar-refractivity contribution >= 4 is 22.6 Å². The summed E-state index contributed by atoms with van der Waals surface area (Å²) in [7, 11) is 1.53. The summed E-state index contributed by atoms with van der Waals surface area (Å²) in [5.41, 5.74) is 2.89. The van der Waals surface area contributed by atoms with Crippen molar-refractivity contribution in [2.45, 2.75) is 13.5 Å². The summed E-state index contributed by atoms with van der Waals surface area (Å²) in [5, 5.41) is 2.72. The van der Waals surface area contributed by atoms with Crippen molar-refractivity contribution in [1.82, 2.24) is 9.55 Å². The average molecular weight is 437 g/mol. The molecule has 0 aliphatic carbocycles. The highest BCUT2D eigenvalue weighted by Gasteiger charge is 2.18. The first kappa shape index (κ1) is 21.3. The molecule has 1 N–H and O–H groups in total. The molecule has 0 fully saturated rings. The number of rotatable bonds is 7. The Morgan fingerprint density at radius 2 is 1.81 bits per heavy atom. The second kappa shape index (κ2) is 9.05. The SMILES string of the molecule is COc1cc(C)ccc1OCC(=O)Nc1ccc(-c2nc3ccccc3n2C(F)F)cc1. The van der Waals surface area contributed by atoms with Crippen LogP contribution in [0.4, 0.5) is 14.5 Å². The maximum atomic E-state index is 13.7. The molecule has 0 saturated heterocycles. The molecule has 0 bridgehead atoms. The molecule has 1 amide bonds. The lowest BCUT2D eigenvalue weighted by molar-refractivity contribution is -0.118. The van der Waals surface area contributed by atoms with E-state index in [-0.39, 0.29) is 18.3 Å². The van der Waals surface area contributed by atoms with Crippen LogP contribution in [0.25, 0.3) is 22.4 Å². The lowest BCUT2D eigenvalue weighted by Gasteiger charge is -2.12.